The summed E-state index contributed by atoms with van der Waals surface area (Å²) in [5.74, 6) is 1.95. The second-order valence-corrected chi connectivity index (χ2v) is 8.57. The fourth-order valence-electron chi connectivity index (χ4n) is 3.18. The van der Waals surface area contributed by atoms with Gasteiger partial charge in [0.15, 0.2) is 17.3 Å². The number of hydrogen-bond donors (Lipinski definition) is 4. The van der Waals surface area contributed by atoms with E-state index in [1.807, 2.05) is 32.9 Å². The predicted octanol–water partition coefficient (Wildman–Crippen LogP) is 3.83. The number of rotatable bonds is 9. The van der Waals surface area contributed by atoms with Crippen LogP contribution in [0.5, 0.6) is 0 Å². The minimum Gasteiger partial charge on any atom is -0.394 e. The van der Waals surface area contributed by atoms with Gasteiger partial charge in [-0.05, 0) is 39.3 Å². The quantitative estimate of drug-likeness (QED) is 0.251. The molecule has 14 heteroatoms. The molecule has 0 aliphatic heterocycles. The topological polar surface area (TPSA) is 163 Å². The first-order chi connectivity index (χ1) is 16.9. The molecule has 182 valence electrons. The lowest BCUT2D eigenvalue weighted by atomic mass is 10.1. The summed E-state index contributed by atoms with van der Waals surface area (Å²) in [5, 5.41) is 32.5. The molecule has 1 unspecified atom stereocenters. The van der Waals surface area contributed by atoms with Crippen LogP contribution in [0.25, 0.3) is 5.13 Å². The summed E-state index contributed by atoms with van der Waals surface area (Å²) < 4.78 is 5.55. The molecule has 3 heterocycles. The number of azo groups is 1. The van der Waals surface area contributed by atoms with Crippen molar-refractivity contribution in [1.82, 2.24) is 34.1 Å². The van der Waals surface area contributed by atoms with Crippen LogP contribution in [0.15, 0.2) is 34.8 Å². The summed E-state index contributed by atoms with van der Waals surface area (Å²) in [6.07, 6.45) is 1.46. The average Bonchev–Trinajstić information content (AvgIpc) is 3.49. The number of anilines is 4. The molecule has 0 amide bonds. The molecule has 0 bridgehead atoms. The van der Waals surface area contributed by atoms with Crippen LogP contribution in [-0.4, -0.2) is 58.9 Å². The number of benzene rings is 1. The zero-order chi connectivity index (χ0) is 24.9. The summed E-state index contributed by atoms with van der Waals surface area (Å²) in [4.78, 5) is 17.6. The van der Waals surface area contributed by atoms with Gasteiger partial charge in [0, 0.05) is 30.3 Å². The van der Waals surface area contributed by atoms with Gasteiger partial charge in [-0.25, -0.2) is 4.98 Å². The summed E-state index contributed by atoms with van der Waals surface area (Å²) >= 11 is 1.20. The van der Waals surface area contributed by atoms with E-state index in [-0.39, 0.29) is 18.6 Å². The number of aromatic nitrogens is 7. The second kappa shape index (κ2) is 10.5. The van der Waals surface area contributed by atoms with Gasteiger partial charge in [0.25, 0.3) is 5.95 Å². The number of nitrogens with one attached hydrogen (secondary N) is 3. The molecule has 0 aliphatic carbocycles. The molecule has 0 radical (unpaired) electrons. The first-order valence-electron chi connectivity index (χ1n) is 10.8. The number of nitrogens with zero attached hydrogens (tertiary/aromatic N) is 9. The van der Waals surface area contributed by atoms with E-state index in [0.717, 1.165) is 16.8 Å². The van der Waals surface area contributed by atoms with Crippen molar-refractivity contribution in [3.05, 3.63) is 41.5 Å². The molecule has 13 nitrogen and oxygen atoms in total. The van der Waals surface area contributed by atoms with Gasteiger partial charge in [0.05, 0.1) is 6.61 Å². The molecule has 4 aromatic rings. The minimum absolute atomic E-state index is 0.0676. The van der Waals surface area contributed by atoms with Crippen molar-refractivity contribution in [3.8, 4) is 5.13 Å². The molecule has 3 aromatic heterocycles. The Morgan fingerprint density at radius 1 is 1.11 bits per heavy atom. The van der Waals surface area contributed by atoms with Crippen molar-refractivity contribution in [1.29, 1.82) is 0 Å². The van der Waals surface area contributed by atoms with Crippen molar-refractivity contribution in [2.24, 2.45) is 10.2 Å². The predicted molar refractivity (Wildman–Crippen MR) is 135 cm³/mol. The Bertz CT molecular complexity index is 1330. The van der Waals surface area contributed by atoms with E-state index in [2.05, 4.69) is 61.7 Å². The number of aliphatic hydroxyl groups excluding tert-OH is 1. The maximum Gasteiger partial charge on any atom is 0.288 e. The van der Waals surface area contributed by atoms with Gasteiger partial charge < -0.3 is 21.1 Å². The Labute approximate surface area is 206 Å². The van der Waals surface area contributed by atoms with Crippen LogP contribution in [-0.2, 0) is 0 Å². The molecule has 1 atom stereocenters. The smallest absolute Gasteiger partial charge is 0.288 e. The van der Waals surface area contributed by atoms with Crippen LogP contribution in [0.3, 0.4) is 0 Å². The van der Waals surface area contributed by atoms with Gasteiger partial charge in [0.1, 0.15) is 12.2 Å². The molecule has 1 aromatic carbocycles. The lowest BCUT2D eigenvalue weighted by Gasteiger charge is -2.17. The molecule has 4 N–H and O–H groups in total. The fourth-order valence-corrected chi connectivity index (χ4v) is 3.71. The van der Waals surface area contributed by atoms with Gasteiger partial charge >= 0.3 is 0 Å². The maximum atomic E-state index is 9.44. The van der Waals surface area contributed by atoms with E-state index in [1.165, 1.54) is 17.9 Å². The van der Waals surface area contributed by atoms with E-state index in [4.69, 9.17) is 0 Å². The molecular formula is C21H26N12OS. The third-order valence-corrected chi connectivity index (χ3v) is 5.57. The largest absolute Gasteiger partial charge is 0.394 e. The van der Waals surface area contributed by atoms with E-state index < -0.39 is 0 Å². The van der Waals surface area contributed by atoms with Gasteiger partial charge in [-0.3, -0.25) is 0 Å². The number of aryl methyl sites for hydroxylation is 3. The maximum absolute atomic E-state index is 9.44. The molecule has 35 heavy (non-hydrogen) atoms. The Morgan fingerprint density at radius 2 is 1.91 bits per heavy atom. The SMILES string of the molecule is CNc1nc(NC(C)CO)nc(Nc2ccc(C)cc2C)c1/N=N\c1nc(C)n(-c2ncns2)n1. The molecule has 0 spiro atoms. The van der Waals surface area contributed by atoms with Crippen molar-refractivity contribution < 1.29 is 5.11 Å². The van der Waals surface area contributed by atoms with Crippen molar-refractivity contribution in [3.63, 3.8) is 0 Å². The zero-order valence-corrected chi connectivity index (χ0v) is 20.8. The van der Waals surface area contributed by atoms with Crippen LogP contribution in [0, 0.1) is 20.8 Å². The van der Waals surface area contributed by atoms with Crippen LogP contribution in [0.4, 0.5) is 34.9 Å². The second-order valence-electron chi connectivity index (χ2n) is 7.81. The zero-order valence-electron chi connectivity index (χ0n) is 20.0. The Balaban J connectivity index is 1.74. The standard InChI is InChI=1S/C21H26N12OS/c1-11-6-7-15(12(2)8-11)27-18-16(17(22-5)28-19(29-18)25-13(3)9-34)30-31-20-26-14(4)33(32-20)21-23-10-24-35-21/h6-8,10,13,34H,9H2,1-5H3,(H3,22,25,27,28,29)/b31-30-. The highest BCUT2D eigenvalue weighted by Crippen LogP contribution is 2.35. The minimum atomic E-state index is -0.238. The van der Waals surface area contributed by atoms with Crippen LogP contribution >= 0.6 is 11.5 Å². The van der Waals surface area contributed by atoms with Crippen molar-refractivity contribution >= 4 is 46.4 Å². The lowest BCUT2D eigenvalue weighted by Crippen LogP contribution is -2.21. The molecule has 4 rings (SSSR count). The van der Waals surface area contributed by atoms with E-state index in [9.17, 15) is 5.11 Å². The van der Waals surface area contributed by atoms with Gasteiger partial charge in [-0.1, -0.05) is 17.7 Å². The van der Waals surface area contributed by atoms with Gasteiger partial charge in [-0.2, -0.15) is 24.0 Å². The summed E-state index contributed by atoms with van der Waals surface area (Å²) in [7, 11) is 1.73. The molecule has 0 aliphatic rings. The highest BCUT2D eigenvalue weighted by molar-refractivity contribution is 7.07. The lowest BCUT2D eigenvalue weighted by molar-refractivity contribution is 0.281. The van der Waals surface area contributed by atoms with Crippen LogP contribution < -0.4 is 16.0 Å². The van der Waals surface area contributed by atoms with Crippen LogP contribution in [0.1, 0.15) is 23.9 Å². The Hall–Kier alpha value is -4.04. The first-order valence-corrected chi connectivity index (χ1v) is 11.6. The summed E-state index contributed by atoms with van der Waals surface area (Å²) in [6, 6.07) is 5.82. The molecule has 0 fully saturated rings. The normalized spacial score (nSPS) is 12.2. The highest BCUT2D eigenvalue weighted by Gasteiger charge is 2.17. The Morgan fingerprint density at radius 3 is 2.60 bits per heavy atom. The van der Waals surface area contributed by atoms with Gasteiger partial charge in [0.2, 0.25) is 11.1 Å². The highest BCUT2D eigenvalue weighted by atomic mass is 32.1. The van der Waals surface area contributed by atoms with E-state index in [0.29, 0.717) is 34.2 Å². The van der Waals surface area contributed by atoms with Gasteiger partial charge in [-0.15, -0.1) is 15.3 Å². The number of hydrogen-bond acceptors (Lipinski definition) is 13. The fraction of sp³-hybridized carbons (Fsp3) is 0.333. The third-order valence-electron chi connectivity index (χ3n) is 4.93. The third kappa shape index (κ3) is 5.55. The average molecular weight is 495 g/mol. The summed E-state index contributed by atoms with van der Waals surface area (Å²) in [6.45, 7) is 7.60. The van der Waals surface area contributed by atoms with Crippen LogP contribution in [0.2, 0.25) is 0 Å². The van der Waals surface area contributed by atoms with Crippen molar-refractivity contribution in [2.75, 3.05) is 29.6 Å². The van der Waals surface area contributed by atoms with Crippen molar-refractivity contribution in [2.45, 2.75) is 33.7 Å². The molecule has 0 saturated heterocycles. The number of aliphatic hydroxyl groups is 1. The first kappa shape index (κ1) is 24.1. The summed E-state index contributed by atoms with van der Waals surface area (Å²) in [5.41, 5.74) is 3.44. The molecule has 0 saturated carbocycles. The molecular weight excluding hydrogens is 468 g/mol. The van der Waals surface area contributed by atoms with E-state index in [1.54, 1.807) is 18.7 Å². The Kier molecular flexibility index (Phi) is 7.22. The monoisotopic (exact) mass is 494 g/mol. The van der Waals surface area contributed by atoms with E-state index >= 15 is 0 Å².